The number of halogens is 1. The van der Waals surface area contributed by atoms with Crippen molar-refractivity contribution in [1.29, 1.82) is 0 Å². The molecule has 0 unspecified atom stereocenters. The Morgan fingerprint density at radius 2 is 1.89 bits per heavy atom. The summed E-state index contributed by atoms with van der Waals surface area (Å²) in [5.74, 6) is 0.0153. The van der Waals surface area contributed by atoms with E-state index in [1.165, 1.54) is 0 Å². The van der Waals surface area contributed by atoms with Crippen LogP contribution in [0.3, 0.4) is 0 Å². The number of carbonyl (C=O) groups excluding carboxylic acids is 1. The van der Waals surface area contributed by atoms with E-state index in [1.54, 1.807) is 18.2 Å². The first-order valence-electron chi connectivity index (χ1n) is 8.99. The third-order valence-electron chi connectivity index (χ3n) is 4.99. The molecule has 8 heteroatoms. The largest absolute Gasteiger partial charge is 0.355 e. The quantitative estimate of drug-likeness (QED) is 0.870. The summed E-state index contributed by atoms with van der Waals surface area (Å²) < 4.78 is 11.5. The van der Waals surface area contributed by atoms with E-state index >= 15 is 0 Å². The molecule has 2 aliphatic rings. The Balaban J connectivity index is 1.40. The van der Waals surface area contributed by atoms with Gasteiger partial charge in [0.15, 0.2) is 17.3 Å². The molecule has 27 heavy (non-hydrogen) atoms. The highest BCUT2D eigenvalue weighted by molar-refractivity contribution is 6.31. The van der Waals surface area contributed by atoms with Gasteiger partial charge in [-0.15, -0.1) is 10.2 Å². The van der Waals surface area contributed by atoms with E-state index in [-0.39, 0.29) is 11.6 Å². The molecule has 1 spiro atoms. The standard InChI is InChI=1S/C19H21ClN4O3/c1-13-2-3-14(20)12-16(13)21-18(25)15-4-5-17(23-22-15)24-8-6-19(7-9-24)26-10-11-27-19/h2-5,12H,6-11H2,1H3,(H,21,25). The van der Waals surface area contributed by atoms with Gasteiger partial charge in [0.25, 0.3) is 5.91 Å². The van der Waals surface area contributed by atoms with Gasteiger partial charge in [-0.25, -0.2) is 0 Å². The summed E-state index contributed by atoms with van der Waals surface area (Å²) in [6.07, 6.45) is 1.59. The van der Waals surface area contributed by atoms with Gasteiger partial charge in [0, 0.05) is 36.6 Å². The number of hydrogen-bond acceptors (Lipinski definition) is 6. The van der Waals surface area contributed by atoms with Gasteiger partial charge < -0.3 is 19.7 Å². The van der Waals surface area contributed by atoms with E-state index in [9.17, 15) is 4.79 Å². The number of benzene rings is 1. The van der Waals surface area contributed by atoms with Crippen molar-refractivity contribution in [3.8, 4) is 0 Å². The van der Waals surface area contributed by atoms with Crippen LogP contribution in [-0.2, 0) is 9.47 Å². The Morgan fingerprint density at radius 3 is 2.56 bits per heavy atom. The van der Waals surface area contributed by atoms with Crippen LogP contribution in [0.2, 0.25) is 5.02 Å². The number of carbonyl (C=O) groups is 1. The second kappa shape index (κ2) is 7.42. The van der Waals surface area contributed by atoms with E-state index < -0.39 is 5.79 Å². The van der Waals surface area contributed by atoms with Crippen molar-refractivity contribution in [2.75, 3.05) is 36.5 Å². The number of anilines is 2. The summed E-state index contributed by atoms with van der Waals surface area (Å²) in [7, 11) is 0. The molecule has 1 aromatic heterocycles. The SMILES string of the molecule is Cc1ccc(Cl)cc1NC(=O)c1ccc(N2CCC3(CC2)OCCO3)nn1. The lowest BCUT2D eigenvalue weighted by atomic mass is 10.0. The molecule has 0 atom stereocenters. The van der Waals surface area contributed by atoms with Gasteiger partial charge in [0.2, 0.25) is 0 Å². The third-order valence-corrected chi connectivity index (χ3v) is 5.23. The molecule has 0 saturated carbocycles. The number of hydrogen-bond donors (Lipinski definition) is 1. The molecule has 0 aliphatic carbocycles. The summed E-state index contributed by atoms with van der Waals surface area (Å²) >= 11 is 6.00. The monoisotopic (exact) mass is 388 g/mol. The first kappa shape index (κ1) is 18.2. The summed E-state index contributed by atoms with van der Waals surface area (Å²) in [6, 6.07) is 8.86. The molecule has 0 radical (unpaired) electrons. The van der Waals surface area contributed by atoms with Gasteiger partial charge in [-0.2, -0.15) is 0 Å². The first-order chi connectivity index (χ1) is 13.0. The number of aromatic nitrogens is 2. The lowest BCUT2D eigenvalue weighted by Gasteiger charge is -2.37. The minimum atomic E-state index is -0.418. The van der Waals surface area contributed by atoms with Crippen molar-refractivity contribution in [2.45, 2.75) is 25.6 Å². The van der Waals surface area contributed by atoms with E-state index in [1.807, 2.05) is 19.1 Å². The highest BCUT2D eigenvalue weighted by atomic mass is 35.5. The van der Waals surface area contributed by atoms with Crippen LogP contribution in [0, 0.1) is 6.92 Å². The normalized spacial score (nSPS) is 18.7. The van der Waals surface area contributed by atoms with Gasteiger partial charge in [0.1, 0.15) is 0 Å². The molecule has 2 aliphatic heterocycles. The second-order valence-corrected chi connectivity index (χ2v) is 7.22. The number of amides is 1. The molecule has 1 N–H and O–H groups in total. The van der Waals surface area contributed by atoms with Crippen LogP contribution in [0.25, 0.3) is 0 Å². The highest BCUT2D eigenvalue weighted by Gasteiger charge is 2.40. The maximum absolute atomic E-state index is 12.4. The van der Waals surface area contributed by atoms with Crippen LogP contribution in [0.15, 0.2) is 30.3 Å². The number of ether oxygens (including phenoxy) is 2. The zero-order valence-electron chi connectivity index (χ0n) is 15.1. The van der Waals surface area contributed by atoms with Crippen LogP contribution in [0.5, 0.6) is 0 Å². The molecule has 2 fully saturated rings. The van der Waals surface area contributed by atoms with Crippen LogP contribution < -0.4 is 10.2 Å². The zero-order chi connectivity index (χ0) is 18.9. The maximum Gasteiger partial charge on any atom is 0.276 e. The number of aryl methyl sites for hydroxylation is 1. The predicted molar refractivity (Wildman–Crippen MR) is 102 cm³/mol. The van der Waals surface area contributed by atoms with Gasteiger partial charge in [0.05, 0.1) is 13.2 Å². The van der Waals surface area contributed by atoms with Crippen molar-refractivity contribution in [3.05, 3.63) is 46.6 Å². The van der Waals surface area contributed by atoms with Crippen molar-refractivity contribution in [1.82, 2.24) is 10.2 Å². The van der Waals surface area contributed by atoms with Gasteiger partial charge in [-0.1, -0.05) is 17.7 Å². The summed E-state index contributed by atoms with van der Waals surface area (Å²) in [6.45, 7) is 4.79. The first-order valence-corrected chi connectivity index (χ1v) is 9.37. The van der Waals surface area contributed by atoms with Crippen molar-refractivity contribution in [2.24, 2.45) is 0 Å². The molecule has 2 aromatic rings. The van der Waals surface area contributed by atoms with Crippen LogP contribution in [0.1, 0.15) is 28.9 Å². The van der Waals surface area contributed by atoms with Gasteiger partial charge in [-0.3, -0.25) is 4.79 Å². The molecule has 4 rings (SSSR count). The van der Waals surface area contributed by atoms with E-state index in [0.29, 0.717) is 23.9 Å². The molecular formula is C19H21ClN4O3. The second-order valence-electron chi connectivity index (χ2n) is 6.78. The molecule has 0 bridgehead atoms. The average Bonchev–Trinajstić information content (AvgIpc) is 3.13. The number of rotatable bonds is 3. The molecule has 1 amide bonds. The van der Waals surface area contributed by atoms with E-state index in [4.69, 9.17) is 21.1 Å². The fraction of sp³-hybridized carbons (Fsp3) is 0.421. The molecule has 142 valence electrons. The van der Waals surface area contributed by atoms with Gasteiger partial charge in [-0.05, 0) is 36.8 Å². The fourth-order valence-electron chi connectivity index (χ4n) is 3.39. The molecular weight excluding hydrogens is 368 g/mol. The lowest BCUT2D eigenvalue weighted by molar-refractivity contribution is -0.169. The number of nitrogens with zero attached hydrogens (tertiary/aromatic N) is 3. The number of nitrogens with one attached hydrogen (secondary N) is 1. The zero-order valence-corrected chi connectivity index (χ0v) is 15.8. The predicted octanol–water partition coefficient (Wildman–Crippen LogP) is 3.03. The maximum atomic E-state index is 12.4. The third kappa shape index (κ3) is 3.90. The molecule has 2 saturated heterocycles. The Hall–Kier alpha value is -2.22. The highest BCUT2D eigenvalue weighted by Crippen LogP contribution is 2.32. The Labute approximate surface area is 162 Å². The van der Waals surface area contributed by atoms with E-state index in [0.717, 1.165) is 37.3 Å². The van der Waals surface area contributed by atoms with Gasteiger partial charge >= 0.3 is 0 Å². The van der Waals surface area contributed by atoms with E-state index in [2.05, 4.69) is 20.4 Å². The number of piperidine rings is 1. The Kier molecular flexibility index (Phi) is 4.99. The average molecular weight is 389 g/mol. The Bertz CT molecular complexity index is 827. The molecule has 1 aromatic carbocycles. The summed E-state index contributed by atoms with van der Waals surface area (Å²) in [5, 5.41) is 11.7. The van der Waals surface area contributed by atoms with Crippen LogP contribution in [0.4, 0.5) is 11.5 Å². The van der Waals surface area contributed by atoms with Crippen molar-refractivity contribution < 1.29 is 14.3 Å². The van der Waals surface area contributed by atoms with Crippen LogP contribution >= 0.6 is 11.6 Å². The fourth-order valence-corrected chi connectivity index (χ4v) is 3.56. The Morgan fingerprint density at radius 1 is 1.15 bits per heavy atom. The summed E-state index contributed by atoms with van der Waals surface area (Å²) in [4.78, 5) is 14.6. The lowest BCUT2D eigenvalue weighted by Crippen LogP contribution is -2.45. The van der Waals surface area contributed by atoms with Crippen molar-refractivity contribution >= 4 is 29.0 Å². The van der Waals surface area contributed by atoms with Crippen LogP contribution in [-0.4, -0.2) is 48.2 Å². The summed E-state index contributed by atoms with van der Waals surface area (Å²) in [5.41, 5.74) is 1.85. The minimum absolute atomic E-state index is 0.258. The van der Waals surface area contributed by atoms with Crippen molar-refractivity contribution in [3.63, 3.8) is 0 Å². The minimum Gasteiger partial charge on any atom is -0.355 e. The molecule has 7 nitrogen and oxygen atoms in total. The molecule has 3 heterocycles. The topological polar surface area (TPSA) is 76.6 Å². The smallest absolute Gasteiger partial charge is 0.276 e.